The molecule has 1 saturated heterocycles. The van der Waals surface area contributed by atoms with Gasteiger partial charge in [-0.15, -0.1) is 0 Å². The molecular formula is C16H26N2O2. The van der Waals surface area contributed by atoms with E-state index in [0.29, 0.717) is 13.2 Å². The standard InChI is InChI=1S/C16H26N2O2/c1-4-20-14-9-12(2)16(13(3)10-14)15(19)11-18-7-5-17-6-8-18/h9-10,15,17,19H,4-8,11H2,1-3H3. The maximum absolute atomic E-state index is 10.6. The van der Waals surface area contributed by atoms with Crippen molar-refractivity contribution in [1.29, 1.82) is 0 Å². The summed E-state index contributed by atoms with van der Waals surface area (Å²) in [6, 6.07) is 4.04. The fourth-order valence-corrected chi connectivity index (χ4v) is 2.94. The van der Waals surface area contributed by atoms with Crippen LogP contribution in [-0.2, 0) is 0 Å². The average molecular weight is 278 g/mol. The van der Waals surface area contributed by atoms with Gasteiger partial charge in [0.1, 0.15) is 5.75 Å². The number of aliphatic hydroxyl groups is 1. The Labute approximate surface area is 121 Å². The molecule has 1 aliphatic heterocycles. The summed E-state index contributed by atoms with van der Waals surface area (Å²) in [5, 5.41) is 13.9. The number of aryl methyl sites for hydroxylation is 2. The molecule has 0 aliphatic carbocycles. The Morgan fingerprint density at radius 2 is 1.85 bits per heavy atom. The smallest absolute Gasteiger partial charge is 0.119 e. The van der Waals surface area contributed by atoms with Crippen LogP contribution < -0.4 is 10.1 Å². The number of benzene rings is 1. The van der Waals surface area contributed by atoms with Gasteiger partial charge in [-0.05, 0) is 49.6 Å². The minimum Gasteiger partial charge on any atom is -0.494 e. The van der Waals surface area contributed by atoms with Crippen LogP contribution in [0, 0.1) is 13.8 Å². The lowest BCUT2D eigenvalue weighted by Crippen LogP contribution is -2.45. The van der Waals surface area contributed by atoms with Gasteiger partial charge in [0.05, 0.1) is 12.7 Å². The van der Waals surface area contributed by atoms with Crippen molar-refractivity contribution in [3.63, 3.8) is 0 Å². The van der Waals surface area contributed by atoms with Crippen molar-refractivity contribution in [3.05, 3.63) is 28.8 Å². The summed E-state index contributed by atoms with van der Waals surface area (Å²) in [4.78, 5) is 2.32. The molecule has 1 aromatic carbocycles. The van der Waals surface area contributed by atoms with Gasteiger partial charge in [-0.3, -0.25) is 4.90 Å². The molecule has 1 unspecified atom stereocenters. The minimum atomic E-state index is -0.427. The number of nitrogens with zero attached hydrogens (tertiary/aromatic N) is 1. The molecule has 0 aromatic heterocycles. The van der Waals surface area contributed by atoms with Crippen LogP contribution >= 0.6 is 0 Å². The molecule has 0 spiro atoms. The van der Waals surface area contributed by atoms with Crippen LogP contribution in [0.4, 0.5) is 0 Å². The molecule has 1 heterocycles. The van der Waals surface area contributed by atoms with E-state index in [1.165, 1.54) is 0 Å². The maximum atomic E-state index is 10.6. The van der Waals surface area contributed by atoms with Crippen LogP contribution in [0.25, 0.3) is 0 Å². The van der Waals surface area contributed by atoms with E-state index in [0.717, 1.165) is 48.6 Å². The second-order valence-electron chi connectivity index (χ2n) is 5.47. The number of hydrogen-bond donors (Lipinski definition) is 2. The van der Waals surface area contributed by atoms with Gasteiger partial charge in [0.2, 0.25) is 0 Å². The number of hydrogen-bond acceptors (Lipinski definition) is 4. The van der Waals surface area contributed by atoms with Crippen LogP contribution in [0.2, 0.25) is 0 Å². The van der Waals surface area contributed by atoms with E-state index in [4.69, 9.17) is 4.74 Å². The molecule has 4 nitrogen and oxygen atoms in total. The topological polar surface area (TPSA) is 44.7 Å². The third-order valence-electron chi connectivity index (χ3n) is 3.85. The fraction of sp³-hybridized carbons (Fsp3) is 0.625. The lowest BCUT2D eigenvalue weighted by molar-refractivity contribution is 0.104. The van der Waals surface area contributed by atoms with Crippen molar-refractivity contribution in [3.8, 4) is 5.75 Å². The molecule has 112 valence electrons. The predicted octanol–water partition coefficient (Wildman–Crippen LogP) is 1.64. The van der Waals surface area contributed by atoms with Gasteiger partial charge in [-0.25, -0.2) is 0 Å². The summed E-state index contributed by atoms with van der Waals surface area (Å²) < 4.78 is 5.55. The molecule has 1 fully saturated rings. The Morgan fingerprint density at radius 3 is 2.40 bits per heavy atom. The zero-order valence-electron chi connectivity index (χ0n) is 12.8. The monoisotopic (exact) mass is 278 g/mol. The molecule has 2 N–H and O–H groups in total. The van der Waals surface area contributed by atoms with E-state index in [-0.39, 0.29) is 0 Å². The van der Waals surface area contributed by atoms with E-state index in [1.807, 2.05) is 32.9 Å². The molecule has 1 aromatic rings. The number of aliphatic hydroxyl groups excluding tert-OH is 1. The fourth-order valence-electron chi connectivity index (χ4n) is 2.94. The summed E-state index contributed by atoms with van der Waals surface area (Å²) in [7, 11) is 0. The van der Waals surface area contributed by atoms with Crippen molar-refractivity contribution >= 4 is 0 Å². The second-order valence-corrected chi connectivity index (χ2v) is 5.47. The molecule has 0 amide bonds. The van der Waals surface area contributed by atoms with E-state index in [1.54, 1.807) is 0 Å². The summed E-state index contributed by atoms with van der Waals surface area (Å²) in [5.41, 5.74) is 3.26. The molecule has 1 atom stereocenters. The maximum Gasteiger partial charge on any atom is 0.119 e. The Balaban J connectivity index is 2.10. The highest BCUT2D eigenvalue weighted by Gasteiger charge is 2.19. The van der Waals surface area contributed by atoms with Gasteiger partial charge < -0.3 is 15.2 Å². The summed E-state index contributed by atoms with van der Waals surface area (Å²) in [5.74, 6) is 0.889. The van der Waals surface area contributed by atoms with Crippen molar-refractivity contribution < 1.29 is 9.84 Å². The van der Waals surface area contributed by atoms with E-state index in [9.17, 15) is 5.11 Å². The molecule has 4 heteroatoms. The molecule has 0 radical (unpaired) electrons. The Bertz CT molecular complexity index is 419. The Morgan fingerprint density at radius 1 is 1.25 bits per heavy atom. The third-order valence-corrected chi connectivity index (χ3v) is 3.85. The first kappa shape index (κ1) is 15.3. The number of piperazine rings is 1. The molecule has 0 bridgehead atoms. The first-order valence-corrected chi connectivity index (χ1v) is 7.47. The summed E-state index contributed by atoms with van der Waals surface area (Å²) in [6.45, 7) is 11.5. The molecule has 20 heavy (non-hydrogen) atoms. The van der Waals surface area contributed by atoms with Gasteiger partial charge in [0.15, 0.2) is 0 Å². The Kier molecular flexibility index (Phi) is 5.40. The van der Waals surface area contributed by atoms with Crippen molar-refractivity contribution in [2.75, 3.05) is 39.3 Å². The highest BCUT2D eigenvalue weighted by Crippen LogP contribution is 2.27. The zero-order valence-corrected chi connectivity index (χ0v) is 12.8. The first-order valence-electron chi connectivity index (χ1n) is 7.47. The van der Waals surface area contributed by atoms with Crippen molar-refractivity contribution in [2.45, 2.75) is 26.9 Å². The highest BCUT2D eigenvalue weighted by atomic mass is 16.5. The van der Waals surface area contributed by atoms with Gasteiger partial charge in [0, 0.05) is 32.7 Å². The minimum absolute atomic E-state index is 0.427. The summed E-state index contributed by atoms with van der Waals surface area (Å²) >= 11 is 0. The molecule has 0 saturated carbocycles. The normalized spacial score (nSPS) is 18.0. The van der Waals surface area contributed by atoms with Gasteiger partial charge in [-0.2, -0.15) is 0 Å². The van der Waals surface area contributed by atoms with Gasteiger partial charge >= 0.3 is 0 Å². The quantitative estimate of drug-likeness (QED) is 0.859. The lowest BCUT2D eigenvalue weighted by Gasteiger charge is -2.30. The Hall–Kier alpha value is -1.10. The summed E-state index contributed by atoms with van der Waals surface area (Å²) in [6.07, 6.45) is -0.427. The second kappa shape index (κ2) is 7.07. The van der Waals surface area contributed by atoms with Gasteiger partial charge in [0.25, 0.3) is 0 Å². The van der Waals surface area contributed by atoms with Crippen molar-refractivity contribution in [2.24, 2.45) is 0 Å². The lowest BCUT2D eigenvalue weighted by atomic mass is 9.97. The van der Waals surface area contributed by atoms with E-state index in [2.05, 4.69) is 10.2 Å². The number of ether oxygens (including phenoxy) is 1. The van der Waals surface area contributed by atoms with Crippen LogP contribution in [-0.4, -0.2) is 49.3 Å². The number of nitrogens with one attached hydrogen (secondary N) is 1. The predicted molar refractivity (Wildman–Crippen MR) is 81.4 cm³/mol. The third kappa shape index (κ3) is 3.72. The molecule has 2 rings (SSSR count). The van der Waals surface area contributed by atoms with E-state index >= 15 is 0 Å². The van der Waals surface area contributed by atoms with Crippen LogP contribution in [0.3, 0.4) is 0 Å². The van der Waals surface area contributed by atoms with Crippen molar-refractivity contribution in [1.82, 2.24) is 10.2 Å². The number of rotatable bonds is 5. The van der Waals surface area contributed by atoms with Crippen LogP contribution in [0.15, 0.2) is 12.1 Å². The van der Waals surface area contributed by atoms with E-state index < -0.39 is 6.10 Å². The number of β-amino-alcohol motifs (C(OH)–C–C–N with tert-alkyl or cyclic N) is 1. The van der Waals surface area contributed by atoms with Crippen LogP contribution in [0.1, 0.15) is 29.7 Å². The van der Waals surface area contributed by atoms with Crippen LogP contribution in [0.5, 0.6) is 5.75 Å². The first-order chi connectivity index (χ1) is 9.61. The van der Waals surface area contributed by atoms with Gasteiger partial charge in [-0.1, -0.05) is 0 Å². The largest absolute Gasteiger partial charge is 0.494 e. The molecular weight excluding hydrogens is 252 g/mol. The average Bonchev–Trinajstić information content (AvgIpc) is 2.39. The molecule has 1 aliphatic rings. The zero-order chi connectivity index (χ0) is 14.5. The highest BCUT2D eigenvalue weighted by molar-refractivity contribution is 5.42. The SMILES string of the molecule is CCOc1cc(C)c(C(O)CN2CCNCC2)c(C)c1.